The number of hydrogen-bond acceptors (Lipinski definition) is 3. The number of rotatable bonds is 7. The van der Waals surface area contributed by atoms with E-state index in [1.807, 2.05) is 18.2 Å². The molecule has 0 bridgehead atoms. The van der Waals surface area contributed by atoms with Crippen molar-refractivity contribution < 1.29 is 9.53 Å². The van der Waals surface area contributed by atoms with Crippen molar-refractivity contribution >= 4 is 5.91 Å². The van der Waals surface area contributed by atoms with Gasteiger partial charge in [0.2, 0.25) is 5.91 Å². The Kier molecular flexibility index (Phi) is 6.10. The molecule has 0 saturated heterocycles. The minimum atomic E-state index is 0.0261. The molecule has 1 rings (SSSR count). The number of carbonyl (C=O) groups excluding carboxylic acids is 1. The molecule has 0 aliphatic rings. The van der Waals surface area contributed by atoms with E-state index >= 15 is 0 Å². The van der Waals surface area contributed by atoms with Gasteiger partial charge in [-0.25, -0.2) is 0 Å². The van der Waals surface area contributed by atoms with Gasteiger partial charge >= 0.3 is 0 Å². The summed E-state index contributed by atoms with van der Waals surface area (Å²) < 4.78 is 5.15. The van der Waals surface area contributed by atoms with Gasteiger partial charge < -0.3 is 15.8 Å². The molecule has 17 heavy (non-hydrogen) atoms. The molecule has 0 fully saturated rings. The number of methoxy groups -OCH3 is 1. The van der Waals surface area contributed by atoms with Crippen LogP contribution in [0, 0.1) is 0 Å². The Morgan fingerprint density at radius 3 is 3.00 bits per heavy atom. The molecule has 4 heteroatoms. The first-order chi connectivity index (χ1) is 8.26. The number of nitrogens with one attached hydrogen (secondary N) is 1. The predicted molar refractivity (Wildman–Crippen MR) is 68.0 cm³/mol. The molecule has 4 nitrogen and oxygen atoms in total. The number of benzene rings is 1. The second-order valence-corrected chi connectivity index (χ2v) is 3.84. The fourth-order valence-electron chi connectivity index (χ4n) is 1.57. The van der Waals surface area contributed by atoms with Gasteiger partial charge in [-0.3, -0.25) is 4.79 Å². The van der Waals surface area contributed by atoms with Crippen LogP contribution in [-0.4, -0.2) is 26.1 Å². The van der Waals surface area contributed by atoms with Crippen molar-refractivity contribution in [2.75, 3.05) is 20.2 Å². The van der Waals surface area contributed by atoms with Gasteiger partial charge in [-0.2, -0.15) is 0 Å². The highest BCUT2D eigenvalue weighted by Crippen LogP contribution is 2.13. The van der Waals surface area contributed by atoms with Gasteiger partial charge in [0.05, 0.1) is 7.11 Å². The third kappa shape index (κ3) is 5.36. The monoisotopic (exact) mass is 236 g/mol. The normalized spacial score (nSPS) is 10.0. The molecule has 94 valence electrons. The van der Waals surface area contributed by atoms with E-state index in [1.54, 1.807) is 7.11 Å². The van der Waals surface area contributed by atoms with E-state index in [9.17, 15) is 4.79 Å². The van der Waals surface area contributed by atoms with Crippen LogP contribution in [0.4, 0.5) is 0 Å². The zero-order valence-corrected chi connectivity index (χ0v) is 10.2. The van der Waals surface area contributed by atoms with Crippen molar-refractivity contribution in [1.82, 2.24) is 5.32 Å². The van der Waals surface area contributed by atoms with Crippen molar-refractivity contribution in [1.29, 1.82) is 0 Å². The van der Waals surface area contributed by atoms with Crippen molar-refractivity contribution in [3.8, 4) is 5.75 Å². The minimum absolute atomic E-state index is 0.0261. The van der Waals surface area contributed by atoms with E-state index in [0.29, 0.717) is 19.5 Å². The molecular formula is C13H20N2O2. The second-order valence-electron chi connectivity index (χ2n) is 3.84. The van der Waals surface area contributed by atoms with Crippen molar-refractivity contribution in [3.63, 3.8) is 0 Å². The van der Waals surface area contributed by atoms with Crippen LogP contribution in [0.1, 0.15) is 18.4 Å². The van der Waals surface area contributed by atoms with Crippen molar-refractivity contribution in [2.45, 2.75) is 19.3 Å². The molecule has 0 radical (unpaired) electrons. The van der Waals surface area contributed by atoms with Gasteiger partial charge in [-0.05, 0) is 30.5 Å². The van der Waals surface area contributed by atoms with Crippen molar-refractivity contribution in [3.05, 3.63) is 29.8 Å². The standard InChI is InChI=1S/C13H20N2O2/c1-17-12-6-2-4-11(10-12)5-3-9-15-13(16)7-8-14/h2,4,6,10H,3,5,7-9,14H2,1H3,(H,15,16). The second kappa shape index (κ2) is 7.68. The molecule has 1 aromatic carbocycles. The molecule has 3 N–H and O–H groups in total. The molecule has 0 spiro atoms. The van der Waals surface area contributed by atoms with Crippen LogP contribution in [0.25, 0.3) is 0 Å². The van der Waals surface area contributed by atoms with Gasteiger partial charge in [0.15, 0.2) is 0 Å². The lowest BCUT2D eigenvalue weighted by Gasteiger charge is -2.06. The molecule has 0 heterocycles. The van der Waals surface area contributed by atoms with E-state index in [-0.39, 0.29) is 5.91 Å². The number of ether oxygens (including phenoxy) is 1. The maximum atomic E-state index is 11.1. The quantitative estimate of drug-likeness (QED) is 0.697. The van der Waals surface area contributed by atoms with Crippen LogP contribution in [0.5, 0.6) is 5.75 Å². The lowest BCUT2D eigenvalue weighted by molar-refractivity contribution is -0.120. The average molecular weight is 236 g/mol. The molecular weight excluding hydrogens is 216 g/mol. The predicted octanol–water partition coefficient (Wildman–Crippen LogP) is 1.09. The molecule has 0 atom stereocenters. The van der Waals surface area contributed by atoms with E-state index < -0.39 is 0 Å². The molecule has 0 aliphatic heterocycles. The number of aryl methyl sites for hydroxylation is 1. The SMILES string of the molecule is COc1cccc(CCCNC(=O)CCN)c1. The van der Waals surface area contributed by atoms with E-state index in [2.05, 4.69) is 11.4 Å². The average Bonchev–Trinajstić information content (AvgIpc) is 2.35. The number of carbonyl (C=O) groups is 1. The Bertz CT molecular complexity index is 353. The fraction of sp³-hybridized carbons (Fsp3) is 0.462. The summed E-state index contributed by atoms with van der Waals surface area (Å²) in [6.07, 6.45) is 2.25. The highest BCUT2D eigenvalue weighted by molar-refractivity contribution is 5.75. The highest BCUT2D eigenvalue weighted by Gasteiger charge is 1.99. The van der Waals surface area contributed by atoms with Crippen molar-refractivity contribution in [2.24, 2.45) is 5.73 Å². The molecule has 0 aromatic heterocycles. The minimum Gasteiger partial charge on any atom is -0.497 e. The lowest BCUT2D eigenvalue weighted by Crippen LogP contribution is -2.26. The van der Waals surface area contributed by atoms with Gasteiger partial charge in [-0.15, -0.1) is 0 Å². The third-order valence-electron chi connectivity index (χ3n) is 2.47. The molecule has 0 unspecified atom stereocenters. The molecule has 1 amide bonds. The summed E-state index contributed by atoms with van der Waals surface area (Å²) in [7, 11) is 1.66. The number of hydrogen-bond donors (Lipinski definition) is 2. The fourth-order valence-corrected chi connectivity index (χ4v) is 1.57. The maximum Gasteiger partial charge on any atom is 0.221 e. The van der Waals surface area contributed by atoms with Crippen LogP contribution < -0.4 is 15.8 Å². The van der Waals surface area contributed by atoms with E-state index in [0.717, 1.165) is 18.6 Å². The van der Waals surface area contributed by atoms with E-state index in [1.165, 1.54) is 5.56 Å². The van der Waals surface area contributed by atoms with Crippen LogP contribution in [-0.2, 0) is 11.2 Å². The smallest absolute Gasteiger partial charge is 0.221 e. The van der Waals surface area contributed by atoms with Gasteiger partial charge in [0.25, 0.3) is 0 Å². The third-order valence-corrected chi connectivity index (χ3v) is 2.47. The molecule has 0 saturated carbocycles. The zero-order valence-electron chi connectivity index (χ0n) is 10.2. The van der Waals surface area contributed by atoms with E-state index in [4.69, 9.17) is 10.5 Å². The first-order valence-electron chi connectivity index (χ1n) is 5.86. The van der Waals surface area contributed by atoms with Crippen LogP contribution >= 0.6 is 0 Å². The summed E-state index contributed by atoms with van der Waals surface area (Å²) in [6.45, 7) is 1.10. The zero-order chi connectivity index (χ0) is 12.5. The summed E-state index contributed by atoms with van der Waals surface area (Å²) in [5.74, 6) is 0.896. The first kappa shape index (κ1) is 13.5. The molecule has 0 aliphatic carbocycles. The summed E-state index contributed by atoms with van der Waals surface area (Å²) in [5.41, 5.74) is 6.50. The largest absolute Gasteiger partial charge is 0.497 e. The maximum absolute atomic E-state index is 11.1. The summed E-state index contributed by atoms with van der Waals surface area (Å²) in [5, 5.41) is 2.83. The van der Waals surface area contributed by atoms with Crippen LogP contribution in [0.2, 0.25) is 0 Å². The summed E-state index contributed by atoms with van der Waals surface area (Å²) in [4.78, 5) is 11.1. The van der Waals surface area contributed by atoms with Gasteiger partial charge in [0.1, 0.15) is 5.75 Å². The lowest BCUT2D eigenvalue weighted by atomic mass is 10.1. The van der Waals surface area contributed by atoms with Crippen LogP contribution in [0.15, 0.2) is 24.3 Å². The summed E-state index contributed by atoms with van der Waals surface area (Å²) in [6, 6.07) is 7.97. The Balaban J connectivity index is 2.24. The Morgan fingerprint density at radius 1 is 1.47 bits per heavy atom. The Hall–Kier alpha value is -1.55. The van der Waals surface area contributed by atoms with Crippen LogP contribution in [0.3, 0.4) is 0 Å². The number of nitrogens with two attached hydrogens (primary N) is 1. The van der Waals surface area contributed by atoms with Gasteiger partial charge in [-0.1, -0.05) is 12.1 Å². The molecule has 1 aromatic rings. The summed E-state index contributed by atoms with van der Waals surface area (Å²) >= 11 is 0. The van der Waals surface area contributed by atoms with Gasteiger partial charge in [0, 0.05) is 19.5 Å². The highest BCUT2D eigenvalue weighted by atomic mass is 16.5. The Labute approximate surface area is 102 Å². The Morgan fingerprint density at radius 2 is 2.29 bits per heavy atom. The topological polar surface area (TPSA) is 64.3 Å². The first-order valence-corrected chi connectivity index (χ1v) is 5.86. The number of amides is 1.